The van der Waals surface area contributed by atoms with E-state index in [1.54, 1.807) is 0 Å². The molecule has 0 aliphatic rings. The summed E-state index contributed by atoms with van der Waals surface area (Å²) in [5.74, 6) is 4.41. The molecule has 0 bridgehead atoms. The van der Waals surface area contributed by atoms with E-state index in [9.17, 15) is 9.59 Å². The molecular weight excluding hydrogens is 476 g/mol. The third-order valence-corrected chi connectivity index (χ3v) is 7.84. The Balaban J connectivity index is 2.05. The maximum absolute atomic E-state index is 12.2. The van der Waals surface area contributed by atoms with Crippen molar-refractivity contribution in [2.24, 2.45) is 11.3 Å². The zero-order valence-electron chi connectivity index (χ0n) is 22.2. The van der Waals surface area contributed by atoms with E-state index in [0.29, 0.717) is 32.0 Å². The average molecular weight is 521 g/mol. The molecule has 0 saturated heterocycles. The van der Waals surface area contributed by atoms with Gasteiger partial charge in [-0.25, -0.2) is 0 Å². The lowest BCUT2D eigenvalue weighted by Gasteiger charge is -2.23. The molecule has 35 heavy (non-hydrogen) atoms. The van der Waals surface area contributed by atoms with E-state index < -0.39 is 0 Å². The van der Waals surface area contributed by atoms with Gasteiger partial charge in [-0.05, 0) is 60.7 Å². The molecule has 1 atom stereocenters. The van der Waals surface area contributed by atoms with E-state index in [2.05, 4.69) is 20.8 Å². The lowest BCUT2D eigenvalue weighted by atomic mass is 9.86. The average Bonchev–Trinajstić information content (AvgIpc) is 2.82. The Labute approximate surface area is 221 Å². The molecule has 0 aliphatic carbocycles. The van der Waals surface area contributed by atoms with Gasteiger partial charge < -0.3 is 9.47 Å². The molecule has 0 heterocycles. The minimum absolute atomic E-state index is 0.0571. The zero-order chi connectivity index (χ0) is 25.9. The van der Waals surface area contributed by atoms with Crippen LogP contribution >= 0.6 is 23.5 Å². The second-order valence-electron chi connectivity index (χ2n) is 9.58. The summed E-state index contributed by atoms with van der Waals surface area (Å²) in [4.78, 5) is 24.2. The first-order valence-electron chi connectivity index (χ1n) is 12.5. The molecule has 1 unspecified atom stereocenters. The topological polar surface area (TPSA) is 52.6 Å². The van der Waals surface area contributed by atoms with Gasteiger partial charge in [0.25, 0.3) is 0 Å². The fourth-order valence-corrected chi connectivity index (χ4v) is 5.89. The Morgan fingerprint density at radius 3 is 2.31 bits per heavy atom. The van der Waals surface area contributed by atoms with Gasteiger partial charge in [0.1, 0.15) is 13.2 Å². The van der Waals surface area contributed by atoms with Crippen molar-refractivity contribution in [3.63, 3.8) is 0 Å². The first-order valence-corrected chi connectivity index (χ1v) is 14.8. The Morgan fingerprint density at radius 2 is 1.66 bits per heavy atom. The van der Waals surface area contributed by atoms with E-state index in [4.69, 9.17) is 9.47 Å². The molecular formula is C29H44O4S2. The van der Waals surface area contributed by atoms with Crippen LogP contribution in [-0.4, -0.2) is 41.6 Å². The van der Waals surface area contributed by atoms with Crippen LogP contribution < -0.4 is 0 Å². The van der Waals surface area contributed by atoms with Crippen molar-refractivity contribution in [3.05, 3.63) is 59.7 Å². The summed E-state index contributed by atoms with van der Waals surface area (Å²) in [6.45, 7) is 11.0. The summed E-state index contributed by atoms with van der Waals surface area (Å²) in [5, 5.41) is 0. The van der Waals surface area contributed by atoms with Gasteiger partial charge in [0.05, 0.1) is 6.42 Å². The number of hydrogen-bond acceptors (Lipinski definition) is 6. The van der Waals surface area contributed by atoms with Crippen LogP contribution in [0.3, 0.4) is 0 Å². The minimum atomic E-state index is -0.127. The largest absolute Gasteiger partial charge is 0.461 e. The number of allylic oxidation sites excluding steroid dienone is 2. The Kier molecular flexibility index (Phi) is 16.7. The summed E-state index contributed by atoms with van der Waals surface area (Å²) in [7, 11) is 0. The van der Waals surface area contributed by atoms with Gasteiger partial charge in [-0.3, -0.25) is 9.59 Å². The fourth-order valence-electron chi connectivity index (χ4n) is 3.27. The predicted molar refractivity (Wildman–Crippen MR) is 152 cm³/mol. The standard InChI is InChI=1S/C29H44O4S2/c1-6-11-25(7-2)22-33-28(31)21-29(4,5)15-17-35-19-18-34-16-14-24(3)20-27(30)32-23-26-12-9-8-10-13-26/h6-13,24H,14-23H2,1-5H3/b11-6-,25-7+. The van der Waals surface area contributed by atoms with Crippen LogP contribution in [0.5, 0.6) is 0 Å². The third kappa shape index (κ3) is 16.6. The summed E-state index contributed by atoms with van der Waals surface area (Å²) >= 11 is 3.89. The minimum Gasteiger partial charge on any atom is -0.461 e. The van der Waals surface area contributed by atoms with Crippen LogP contribution in [0.1, 0.15) is 65.9 Å². The molecule has 0 spiro atoms. The highest BCUT2D eigenvalue weighted by atomic mass is 32.2. The molecule has 0 aromatic heterocycles. The number of thioether (sulfide) groups is 2. The molecule has 4 nitrogen and oxygen atoms in total. The van der Waals surface area contributed by atoms with Gasteiger partial charge in [0.2, 0.25) is 0 Å². The van der Waals surface area contributed by atoms with Crippen molar-refractivity contribution in [1.29, 1.82) is 0 Å². The van der Waals surface area contributed by atoms with Gasteiger partial charge in [-0.15, -0.1) is 0 Å². The Hall–Kier alpha value is -1.66. The monoisotopic (exact) mass is 520 g/mol. The molecule has 1 aromatic carbocycles. The van der Waals surface area contributed by atoms with E-state index >= 15 is 0 Å². The molecule has 0 amide bonds. The van der Waals surface area contributed by atoms with Crippen molar-refractivity contribution < 1.29 is 19.1 Å². The molecule has 0 N–H and O–H groups in total. The van der Waals surface area contributed by atoms with Crippen molar-refractivity contribution in [1.82, 2.24) is 0 Å². The lowest BCUT2D eigenvalue weighted by molar-refractivity contribution is -0.146. The molecule has 6 heteroatoms. The van der Waals surface area contributed by atoms with Gasteiger partial charge in [0, 0.05) is 17.9 Å². The quantitative estimate of drug-likeness (QED) is 0.114. The first-order chi connectivity index (χ1) is 16.8. The summed E-state index contributed by atoms with van der Waals surface area (Å²) in [5.41, 5.74) is 1.98. The fraction of sp³-hybridized carbons (Fsp3) is 0.586. The lowest BCUT2D eigenvalue weighted by Crippen LogP contribution is -2.20. The van der Waals surface area contributed by atoms with Crippen molar-refractivity contribution in [2.45, 2.75) is 66.9 Å². The van der Waals surface area contributed by atoms with Crippen molar-refractivity contribution >= 4 is 35.5 Å². The number of benzene rings is 1. The van der Waals surface area contributed by atoms with Crippen LogP contribution in [0.15, 0.2) is 54.1 Å². The van der Waals surface area contributed by atoms with E-state index in [-0.39, 0.29) is 17.4 Å². The van der Waals surface area contributed by atoms with Crippen LogP contribution in [-0.2, 0) is 25.7 Å². The van der Waals surface area contributed by atoms with Crippen LogP contribution in [0.25, 0.3) is 0 Å². The van der Waals surface area contributed by atoms with Gasteiger partial charge in [0.15, 0.2) is 0 Å². The molecule has 1 aromatic rings. The van der Waals surface area contributed by atoms with Crippen LogP contribution in [0, 0.1) is 11.3 Å². The highest BCUT2D eigenvalue weighted by Crippen LogP contribution is 2.28. The number of hydrogen-bond donors (Lipinski definition) is 0. The summed E-state index contributed by atoms with van der Waals surface area (Å²) in [6.07, 6.45) is 8.82. The van der Waals surface area contributed by atoms with E-state index in [1.165, 1.54) is 0 Å². The predicted octanol–water partition coefficient (Wildman–Crippen LogP) is 7.48. The van der Waals surface area contributed by atoms with Gasteiger partial charge in [-0.1, -0.05) is 69.3 Å². The van der Waals surface area contributed by atoms with Crippen LogP contribution in [0.4, 0.5) is 0 Å². The Bertz CT molecular complexity index is 787. The van der Waals surface area contributed by atoms with E-state index in [1.807, 2.05) is 85.9 Å². The molecule has 0 saturated carbocycles. The number of rotatable bonds is 18. The van der Waals surface area contributed by atoms with Gasteiger partial charge in [-0.2, -0.15) is 23.5 Å². The van der Waals surface area contributed by atoms with Crippen molar-refractivity contribution in [3.8, 4) is 0 Å². The highest BCUT2D eigenvalue weighted by molar-refractivity contribution is 8.02. The van der Waals surface area contributed by atoms with Crippen LogP contribution in [0.2, 0.25) is 0 Å². The van der Waals surface area contributed by atoms with Gasteiger partial charge >= 0.3 is 11.9 Å². The maximum atomic E-state index is 12.2. The Morgan fingerprint density at radius 1 is 0.971 bits per heavy atom. The number of esters is 2. The zero-order valence-corrected chi connectivity index (χ0v) is 23.8. The first kappa shape index (κ1) is 31.4. The smallest absolute Gasteiger partial charge is 0.306 e. The second-order valence-corrected chi connectivity index (χ2v) is 12.0. The SMILES string of the molecule is C/C=C\C(=C/C)COC(=O)CC(C)(C)CCSCCSCCC(C)CC(=O)OCc1ccccc1. The number of carbonyl (C=O) groups excluding carboxylic acids is 2. The number of carbonyl (C=O) groups is 2. The highest BCUT2D eigenvalue weighted by Gasteiger charge is 2.22. The normalized spacial score (nSPS) is 13.1. The second kappa shape index (κ2) is 18.6. The molecule has 1 rings (SSSR count). The van der Waals surface area contributed by atoms with Crippen molar-refractivity contribution in [2.75, 3.05) is 29.6 Å². The van der Waals surface area contributed by atoms with E-state index in [0.717, 1.165) is 47.0 Å². The molecule has 0 aliphatic heterocycles. The third-order valence-electron chi connectivity index (χ3n) is 5.58. The molecule has 0 fully saturated rings. The maximum Gasteiger partial charge on any atom is 0.306 e. The molecule has 0 radical (unpaired) electrons. The summed E-state index contributed by atoms with van der Waals surface area (Å²) in [6, 6.07) is 9.79. The summed E-state index contributed by atoms with van der Waals surface area (Å²) < 4.78 is 10.8. The molecule has 196 valence electrons. The number of ether oxygens (including phenoxy) is 2.